The van der Waals surface area contributed by atoms with Crippen molar-refractivity contribution in [3.63, 3.8) is 0 Å². The van der Waals surface area contributed by atoms with Gasteiger partial charge in [-0.05, 0) is 44.6 Å². The molecule has 4 heteroatoms. The minimum atomic E-state index is 0.0464. The minimum absolute atomic E-state index is 0.0464. The standard InChI is InChI=1S/C21H30N2O2/c1-17-14-23(15-20(25-17)19-10-6-3-7-11-19)16-21(24)22-13-12-18-8-4-2-5-9-18/h3,6-8,10-11,17,20H,2,4-5,9,12-16H2,1H3,(H,22,24). The Labute approximate surface area is 151 Å². The van der Waals surface area contributed by atoms with Crippen LogP contribution < -0.4 is 5.32 Å². The molecule has 2 atom stereocenters. The molecule has 1 aromatic carbocycles. The monoisotopic (exact) mass is 342 g/mol. The molecular weight excluding hydrogens is 312 g/mol. The van der Waals surface area contributed by atoms with E-state index in [9.17, 15) is 4.79 Å². The van der Waals surface area contributed by atoms with Gasteiger partial charge in [-0.1, -0.05) is 42.0 Å². The molecule has 136 valence electrons. The summed E-state index contributed by atoms with van der Waals surface area (Å²) in [5.41, 5.74) is 2.69. The first kappa shape index (κ1) is 18.2. The zero-order valence-electron chi connectivity index (χ0n) is 15.2. The molecule has 1 aliphatic heterocycles. The quantitative estimate of drug-likeness (QED) is 0.805. The van der Waals surface area contributed by atoms with Crippen LogP contribution in [0.2, 0.25) is 0 Å². The van der Waals surface area contributed by atoms with Crippen molar-refractivity contribution in [3.05, 3.63) is 47.5 Å². The van der Waals surface area contributed by atoms with E-state index < -0.39 is 0 Å². The average Bonchev–Trinajstić information content (AvgIpc) is 2.63. The Balaban J connectivity index is 1.44. The lowest BCUT2D eigenvalue weighted by Crippen LogP contribution is -2.47. The number of hydrogen-bond acceptors (Lipinski definition) is 3. The number of amides is 1. The third kappa shape index (κ3) is 5.68. The Morgan fingerprint density at radius 3 is 2.84 bits per heavy atom. The fourth-order valence-corrected chi connectivity index (χ4v) is 3.77. The fraction of sp³-hybridized carbons (Fsp3) is 0.571. The lowest BCUT2D eigenvalue weighted by atomic mass is 9.97. The molecule has 0 aromatic heterocycles. The molecule has 3 rings (SSSR count). The number of benzene rings is 1. The summed E-state index contributed by atoms with van der Waals surface area (Å²) in [6, 6.07) is 10.3. The van der Waals surface area contributed by atoms with Crippen molar-refractivity contribution >= 4 is 5.91 Å². The first-order chi connectivity index (χ1) is 12.2. The largest absolute Gasteiger partial charge is 0.368 e. The normalized spacial score (nSPS) is 24.6. The zero-order chi connectivity index (χ0) is 17.5. The van der Waals surface area contributed by atoms with Gasteiger partial charge in [0.15, 0.2) is 0 Å². The average molecular weight is 342 g/mol. The predicted octanol–water partition coefficient (Wildman–Crippen LogP) is 3.46. The summed E-state index contributed by atoms with van der Waals surface area (Å²) < 4.78 is 6.06. The maximum absolute atomic E-state index is 12.3. The second-order valence-electron chi connectivity index (χ2n) is 7.25. The van der Waals surface area contributed by atoms with E-state index in [4.69, 9.17) is 4.74 Å². The Morgan fingerprint density at radius 1 is 1.24 bits per heavy atom. The summed E-state index contributed by atoms with van der Waals surface area (Å²) in [5, 5.41) is 3.08. The summed E-state index contributed by atoms with van der Waals surface area (Å²) in [6.45, 7) is 4.87. The molecule has 2 aliphatic rings. The number of nitrogens with one attached hydrogen (secondary N) is 1. The van der Waals surface area contributed by atoms with Crippen LogP contribution >= 0.6 is 0 Å². The summed E-state index contributed by atoms with van der Waals surface area (Å²) in [4.78, 5) is 14.5. The maximum atomic E-state index is 12.3. The SMILES string of the molecule is CC1CN(CC(=O)NCCC2=CCCCC2)CC(c2ccccc2)O1. The van der Waals surface area contributed by atoms with Gasteiger partial charge in [0, 0.05) is 19.6 Å². The molecule has 2 unspecified atom stereocenters. The van der Waals surface area contributed by atoms with Crippen molar-refractivity contribution in [2.75, 3.05) is 26.2 Å². The van der Waals surface area contributed by atoms with E-state index in [-0.39, 0.29) is 18.1 Å². The summed E-state index contributed by atoms with van der Waals surface area (Å²) in [7, 11) is 0. The molecule has 0 spiro atoms. The summed E-state index contributed by atoms with van der Waals surface area (Å²) >= 11 is 0. The van der Waals surface area contributed by atoms with Crippen molar-refractivity contribution in [2.24, 2.45) is 0 Å². The zero-order valence-corrected chi connectivity index (χ0v) is 15.2. The van der Waals surface area contributed by atoms with Gasteiger partial charge in [0.2, 0.25) is 5.91 Å². The van der Waals surface area contributed by atoms with Crippen LogP contribution in [0.4, 0.5) is 0 Å². The second-order valence-corrected chi connectivity index (χ2v) is 7.25. The molecule has 25 heavy (non-hydrogen) atoms. The first-order valence-corrected chi connectivity index (χ1v) is 9.58. The molecule has 1 aromatic rings. The highest BCUT2D eigenvalue weighted by atomic mass is 16.5. The van der Waals surface area contributed by atoms with Crippen LogP contribution in [0.25, 0.3) is 0 Å². The van der Waals surface area contributed by atoms with Gasteiger partial charge in [-0.15, -0.1) is 0 Å². The van der Waals surface area contributed by atoms with Crippen molar-refractivity contribution in [3.8, 4) is 0 Å². The van der Waals surface area contributed by atoms with Crippen LogP contribution in [0, 0.1) is 0 Å². The lowest BCUT2D eigenvalue weighted by molar-refractivity contribution is -0.126. The molecule has 0 bridgehead atoms. The lowest BCUT2D eigenvalue weighted by Gasteiger charge is -2.36. The minimum Gasteiger partial charge on any atom is -0.368 e. The third-order valence-corrected chi connectivity index (χ3v) is 5.03. The van der Waals surface area contributed by atoms with Gasteiger partial charge < -0.3 is 10.1 Å². The van der Waals surface area contributed by atoms with Gasteiger partial charge >= 0.3 is 0 Å². The van der Waals surface area contributed by atoms with Crippen LogP contribution in [0.1, 0.15) is 50.7 Å². The second kappa shape index (κ2) is 9.16. The highest BCUT2D eigenvalue weighted by Gasteiger charge is 2.27. The van der Waals surface area contributed by atoms with Gasteiger partial charge in [0.25, 0.3) is 0 Å². The number of carbonyl (C=O) groups is 1. The molecule has 0 radical (unpaired) electrons. The van der Waals surface area contributed by atoms with Crippen molar-refractivity contribution < 1.29 is 9.53 Å². The number of hydrogen-bond donors (Lipinski definition) is 1. The van der Waals surface area contributed by atoms with E-state index in [1.807, 2.05) is 18.2 Å². The molecule has 1 heterocycles. The summed E-state index contributed by atoms with van der Waals surface area (Å²) in [6.07, 6.45) is 8.55. The van der Waals surface area contributed by atoms with E-state index in [1.54, 1.807) is 0 Å². The number of nitrogens with zero attached hydrogens (tertiary/aromatic N) is 1. The van der Waals surface area contributed by atoms with Crippen LogP contribution in [-0.4, -0.2) is 43.1 Å². The number of ether oxygens (including phenoxy) is 1. The van der Waals surface area contributed by atoms with Crippen LogP contribution in [0.15, 0.2) is 42.0 Å². The highest BCUT2D eigenvalue weighted by Crippen LogP contribution is 2.24. The molecule has 1 N–H and O–H groups in total. The highest BCUT2D eigenvalue weighted by molar-refractivity contribution is 5.78. The smallest absolute Gasteiger partial charge is 0.234 e. The molecule has 1 fully saturated rings. The van der Waals surface area contributed by atoms with Crippen molar-refractivity contribution in [1.29, 1.82) is 0 Å². The third-order valence-electron chi connectivity index (χ3n) is 5.03. The number of morpholine rings is 1. The fourth-order valence-electron chi connectivity index (χ4n) is 3.77. The number of carbonyl (C=O) groups excluding carboxylic acids is 1. The molecular formula is C21H30N2O2. The molecule has 1 aliphatic carbocycles. The van der Waals surface area contributed by atoms with Gasteiger partial charge in [-0.2, -0.15) is 0 Å². The molecule has 1 saturated heterocycles. The summed E-state index contributed by atoms with van der Waals surface area (Å²) in [5.74, 6) is 0.123. The first-order valence-electron chi connectivity index (χ1n) is 9.58. The Bertz CT molecular complexity index is 585. The Morgan fingerprint density at radius 2 is 2.08 bits per heavy atom. The number of allylic oxidation sites excluding steroid dienone is 1. The van der Waals surface area contributed by atoms with E-state index in [2.05, 4.69) is 35.3 Å². The Hall–Kier alpha value is -1.65. The maximum Gasteiger partial charge on any atom is 0.234 e. The van der Waals surface area contributed by atoms with Crippen LogP contribution in [0.3, 0.4) is 0 Å². The van der Waals surface area contributed by atoms with Crippen LogP contribution in [0.5, 0.6) is 0 Å². The molecule has 4 nitrogen and oxygen atoms in total. The predicted molar refractivity (Wildman–Crippen MR) is 100 cm³/mol. The van der Waals surface area contributed by atoms with Gasteiger partial charge in [0.05, 0.1) is 18.8 Å². The van der Waals surface area contributed by atoms with E-state index in [1.165, 1.54) is 36.8 Å². The molecule has 0 saturated carbocycles. The van der Waals surface area contributed by atoms with Gasteiger partial charge in [0.1, 0.15) is 0 Å². The van der Waals surface area contributed by atoms with Gasteiger partial charge in [-0.25, -0.2) is 0 Å². The van der Waals surface area contributed by atoms with E-state index in [0.717, 1.165) is 26.1 Å². The number of rotatable bonds is 6. The van der Waals surface area contributed by atoms with Gasteiger partial charge in [-0.3, -0.25) is 9.69 Å². The van der Waals surface area contributed by atoms with Crippen LogP contribution in [-0.2, 0) is 9.53 Å². The van der Waals surface area contributed by atoms with E-state index >= 15 is 0 Å². The molecule has 1 amide bonds. The Kier molecular flexibility index (Phi) is 6.65. The topological polar surface area (TPSA) is 41.6 Å². The van der Waals surface area contributed by atoms with Crippen molar-refractivity contribution in [2.45, 2.75) is 51.2 Å². The van der Waals surface area contributed by atoms with Crippen molar-refractivity contribution in [1.82, 2.24) is 10.2 Å². The van der Waals surface area contributed by atoms with E-state index in [0.29, 0.717) is 6.54 Å².